The first-order valence-corrected chi connectivity index (χ1v) is 15.4. The average molecular weight is 538 g/mol. The molecule has 2 aliphatic rings. The maximum Gasteiger partial charge on any atom is 0.251 e. The van der Waals surface area contributed by atoms with Crippen LogP contribution in [0.2, 0.25) is 0 Å². The molecule has 5 nitrogen and oxygen atoms in total. The first kappa shape index (κ1) is 31.3. The summed E-state index contributed by atoms with van der Waals surface area (Å²) in [4.78, 5) is 26.9. The molecular weight excluding hydrogens is 486 g/mol. The summed E-state index contributed by atoms with van der Waals surface area (Å²) in [5.74, 6) is 1.63. The van der Waals surface area contributed by atoms with E-state index in [-0.39, 0.29) is 18.2 Å². The number of benzene rings is 1. The van der Waals surface area contributed by atoms with E-state index in [4.69, 9.17) is 9.47 Å². The van der Waals surface area contributed by atoms with Crippen molar-refractivity contribution in [2.24, 2.45) is 11.8 Å². The van der Waals surface area contributed by atoms with Gasteiger partial charge in [-0.1, -0.05) is 57.9 Å². The van der Waals surface area contributed by atoms with Gasteiger partial charge in [0.15, 0.2) is 5.78 Å². The SMILES string of the molecule is CC=CC1=C(C(=O)CCCC)CNC(=O)c2cccc(C(C)C(CCC)C3CCOCC3)c2CCCCOC1. The molecule has 1 aromatic rings. The smallest absolute Gasteiger partial charge is 0.251 e. The topological polar surface area (TPSA) is 64.6 Å². The summed E-state index contributed by atoms with van der Waals surface area (Å²) in [6.45, 7) is 11.7. The summed E-state index contributed by atoms with van der Waals surface area (Å²) in [5, 5.41) is 3.13. The number of Topliss-reactive ketones (excluding diaryl/α,β-unsaturated/α-hetero) is 1. The van der Waals surface area contributed by atoms with Gasteiger partial charge < -0.3 is 14.8 Å². The van der Waals surface area contributed by atoms with E-state index in [2.05, 4.69) is 32.2 Å². The number of carbonyl (C=O) groups excluding carboxylic acids is 2. The van der Waals surface area contributed by atoms with Crippen LogP contribution in [-0.4, -0.2) is 44.7 Å². The highest BCUT2D eigenvalue weighted by molar-refractivity contribution is 6.00. The second-order valence-electron chi connectivity index (χ2n) is 11.3. The molecule has 39 heavy (non-hydrogen) atoms. The predicted molar refractivity (Wildman–Crippen MR) is 159 cm³/mol. The third-order valence-electron chi connectivity index (χ3n) is 8.58. The van der Waals surface area contributed by atoms with Gasteiger partial charge in [-0.15, -0.1) is 0 Å². The van der Waals surface area contributed by atoms with Crippen molar-refractivity contribution in [2.45, 2.75) is 97.8 Å². The number of ketones is 1. The van der Waals surface area contributed by atoms with Crippen molar-refractivity contribution in [1.82, 2.24) is 5.32 Å². The van der Waals surface area contributed by atoms with Crippen LogP contribution in [-0.2, 0) is 20.7 Å². The van der Waals surface area contributed by atoms with Gasteiger partial charge in [0, 0.05) is 43.9 Å². The molecule has 216 valence electrons. The molecule has 2 atom stereocenters. The molecule has 0 radical (unpaired) electrons. The lowest BCUT2D eigenvalue weighted by Crippen LogP contribution is -2.31. The van der Waals surface area contributed by atoms with E-state index < -0.39 is 0 Å². The quantitative estimate of drug-likeness (QED) is 0.339. The lowest BCUT2D eigenvalue weighted by molar-refractivity contribution is -0.115. The van der Waals surface area contributed by atoms with E-state index in [9.17, 15) is 9.59 Å². The summed E-state index contributed by atoms with van der Waals surface area (Å²) >= 11 is 0. The molecule has 1 N–H and O–H groups in total. The number of unbranched alkanes of at least 4 members (excludes halogenated alkanes) is 1. The number of ether oxygens (including phenoxy) is 2. The monoisotopic (exact) mass is 537 g/mol. The number of nitrogens with one attached hydrogen (secondary N) is 1. The second kappa shape index (κ2) is 16.8. The van der Waals surface area contributed by atoms with Crippen LogP contribution in [0.4, 0.5) is 0 Å². The standard InChI is InChI=1S/C34H51NO4/c1-5-8-17-33(36)32-23-35-34(37)31-16-11-15-29(25(4)28(13-7-3)26-18-21-38-22-19-26)30(31)14-9-10-20-39-24-27(32)12-6-2/h6,11-12,15-16,25-26,28H,5,7-10,13-14,17-24H2,1-4H3,(H,35,37). The van der Waals surface area contributed by atoms with Gasteiger partial charge in [-0.2, -0.15) is 0 Å². The summed E-state index contributed by atoms with van der Waals surface area (Å²) in [5.41, 5.74) is 4.79. The van der Waals surface area contributed by atoms with Gasteiger partial charge >= 0.3 is 0 Å². The molecule has 1 amide bonds. The fraction of sp³-hybridized carbons (Fsp3) is 0.647. The maximum atomic E-state index is 13.7. The number of allylic oxidation sites excluding steroid dienone is 1. The highest BCUT2D eigenvalue weighted by Crippen LogP contribution is 2.40. The Kier molecular flexibility index (Phi) is 13.5. The Labute approximate surface area is 236 Å². The molecule has 2 aliphatic heterocycles. The summed E-state index contributed by atoms with van der Waals surface area (Å²) in [7, 11) is 0. The van der Waals surface area contributed by atoms with Gasteiger partial charge in [-0.3, -0.25) is 9.59 Å². The van der Waals surface area contributed by atoms with Gasteiger partial charge in [-0.25, -0.2) is 0 Å². The highest BCUT2D eigenvalue weighted by Gasteiger charge is 2.31. The normalized spacial score (nSPS) is 19.9. The molecule has 2 unspecified atom stereocenters. The lowest BCUT2D eigenvalue weighted by atomic mass is 9.72. The van der Waals surface area contributed by atoms with E-state index in [1.54, 1.807) is 0 Å². The number of rotatable bonds is 10. The van der Waals surface area contributed by atoms with Crippen molar-refractivity contribution in [3.8, 4) is 0 Å². The second-order valence-corrected chi connectivity index (χ2v) is 11.3. The van der Waals surface area contributed by atoms with Crippen LogP contribution < -0.4 is 5.32 Å². The van der Waals surface area contributed by atoms with Crippen LogP contribution in [0.5, 0.6) is 0 Å². The number of hydrogen-bond acceptors (Lipinski definition) is 4. The predicted octanol–water partition coefficient (Wildman–Crippen LogP) is 7.35. The van der Waals surface area contributed by atoms with E-state index >= 15 is 0 Å². The van der Waals surface area contributed by atoms with Crippen molar-refractivity contribution in [2.75, 3.05) is 33.0 Å². The Morgan fingerprint density at radius 1 is 1.10 bits per heavy atom. The summed E-state index contributed by atoms with van der Waals surface area (Å²) < 4.78 is 11.7. The van der Waals surface area contributed by atoms with E-state index in [1.165, 1.54) is 17.5 Å². The van der Waals surface area contributed by atoms with Crippen LogP contribution in [0.1, 0.15) is 113 Å². The average Bonchev–Trinajstić information content (AvgIpc) is 2.97. The lowest BCUT2D eigenvalue weighted by Gasteiger charge is -2.35. The Morgan fingerprint density at radius 3 is 2.62 bits per heavy atom. The third-order valence-corrected chi connectivity index (χ3v) is 8.58. The molecule has 5 heteroatoms. The van der Waals surface area contributed by atoms with Crippen LogP contribution in [0.15, 0.2) is 41.5 Å². The third kappa shape index (κ3) is 8.88. The van der Waals surface area contributed by atoms with Crippen molar-refractivity contribution in [3.05, 3.63) is 58.2 Å². The fourth-order valence-corrected chi connectivity index (χ4v) is 6.39. The minimum atomic E-state index is -0.0852. The molecule has 0 aromatic heterocycles. The summed E-state index contributed by atoms with van der Waals surface area (Å²) in [6.07, 6.45) is 13.5. The van der Waals surface area contributed by atoms with Crippen molar-refractivity contribution in [1.29, 1.82) is 0 Å². The Balaban J connectivity index is 1.95. The maximum absolute atomic E-state index is 13.7. The molecule has 1 fully saturated rings. The highest BCUT2D eigenvalue weighted by atomic mass is 16.5. The fourth-order valence-electron chi connectivity index (χ4n) is 6.39. The minimum absolute atomic E-state index is 0.0852. The molecule has 1 saturated heterocycles. The summed E-state index contributed by atoms with van der Waals surface area (Å²) in [6, 6.07) is 6.26. The van der Waals surface area contributed by atoms with Crippen LogP contribution in [0, 0.1) is 11.8 Å². The van der Waals surface area contributed by atoms with E-state index in [1.807, 2.05) is 31.2 Å². The minimum Gasteiger partial charge on any atom is -0.381 e. The molecule has 0 saturated carbocycles. The Bertz CT molecular complexity index is 989. The Hall–Kier alpha value is -2.24. The largest absolute Gasteiger partial charge is 0.381 e. The van der Waals surface area contributed by atoms with Gasteiger partial charge in [-0.05, 0) is 92.4 Å². The van der Waals surface area contributed by atoms with E-state index in [0.29, 0.717) is 43.0 Å². The van der Waals surface area contributed by atoms with Gasteiger partial charge in [0.05, 0.1) is 6.61 Å². The molecule has 3 rings (SSSR count). The van der Waals surface area contributed by atoms with E-state index in [0.717, 1.165) is 75.7 Å². The van der Waals surface area contributed by atoms with Gasteiger partial charge in [0.2, 0.25) is 0 Å². The van der Waals surface area contributed by atoms with Crippen LogP contribution in [0.25, 0.3) is 0 Å². The van der Waals surface area contributed by atoms with Crippen LogP contribution >= 0.6 is 0 Å². The van der Waals surface area contributed by atoms with Gasteiger partial charge in [0.1, 0.15) is 0 Å². The van der Waals surface area contributed by atoms with Crippen molar-refractivity contribution >= 4 is 11.7 Å². The number of hydrogen-bond donors (Lipinski definition) is 1. The number of fused-ring (bicyclic) bond motifs is 1. The van der Waals surface area contributed by atoms with Crippen molar-refractivity contribution < 1.29 is 19.1 Å². The zero-order chi connectivity index (χ0) is 28.0. The molecule has 1 aromatic carbocycles. The number of carbonyl (C=O) groups is 2. The molecule has 0 spiro atoms. The van der Waals surface area contributed by atoms with Crippen molar-refractivity contribution in [3.63, 3.8) is 0 Å². The molecule has 0 bridgehead atoms. The first-order valence-electron chi connectivity index (χ1n) is 15.4. The number of amides is 1. The van der Waals surface area contributed by atoms with Gasteiger partial charge in [0.25, 0.3) is 5.91 Å². The zero-order valence-electron chi connectivity index (χ0n) is 24.9. The zero-order valence-corrected chi connectivity index (χ0v) is 24.9. The van der Waals surface area contributed by atoms with Crippen LogP contribution in [0.3, 0.4) is 0 Å². The molecular formula is C34H51NO4. The molecule has 0 aliphatic carbocycles. The molecule has 2 heterocycles. The first-order chi connectivity index (χ1) is 19.0. The Morgan fingerprint density at radius 2 is 1.90 bits per heavy atom.